The Kier molecular flexibility index (Phi) is 1.32. The minimum absolute atomic E-state index is 1.17. The number of rotatable bonds is 1. The standard InChI is InChI=1S/C9H10N2/c1-11-6-4-8(7-11)9-3-2-5-10-9/h2-7,10H,1H3. The summed E-state index contributed by atoms with van der Waals surface area (Å²) in [4.78, 5) is 3.15. The molecule has 56 valence electrons. The number of hydrogen-bond donors (Lipinski definition) is 1. The molecule has 2 nitrogen and oxygen atoms in total. The highest BCUT2D eigenvalue weighted by molar-refractivity contribution is 5.58. The Morgan fingerprint density at radius 2 is 2.27 bits per heavy atom. The minimum Gasteiger partial charge on any atom is -0.361 e. The lowest BCUT2D eigenvalue weighted by Gasteiger charge is -1.89. The molecule has 0 radical (unpaired) electrons. The van der Waals surface area contributed by atoms with E-state index in [1.165, 1.54) is 11.3 Å². The average molecular weight is 146 g/mol. The molecule has 0 aliphatic rings. The fourth-order valence-electron chi connectivity index (χ4n) is 1.17. The van der Waals surface area contributed by atoms with Crippen molar-refractivity contribution in [2.45, 2.75) is 0 Å². The normalized spacial score (nSPS) is 10.3. The lowest BCUT2D eigenvalue weighted by Crippen LogP contribution is -1.78. The number of H-pyrrole nitrogens is 1. The summed E-state index contributed by atoms with van der Waals surface area (Å²) in [6.45, 7) is 0. The van der Waals surface area contributed by atoms with Gasteiger partial charge < -0.3 is 9.55 Å². The molecule has 0 aromatic carbocycles. The van der Waals surface area contributed by atoms with Crippen LogP contribution in [0.2, 0.25) is 0 Å². The van der Waals surface area contributed by atoms with E-state index in [1.54, 1.807) is 0 Å². The van der Waals surface area contributed by atoms with Crippen molar-refractivity contribution >= 4 is 0 Å². The van der Waals surface area contributed by atoms with E-state index in [2.05, 4.69) is 23.3 Å². The molecule has 2 aromatic rings. The van der Waals surface area contributed by atoms with Crippen LogP contribution >= 0.6 is 0 Å². The highest BCUT2D eigenvalue weighted by atomic mass is 14.9. The summed E-state index contributed by atoms with van der Waals surface area (Å²) in [5, 5.41) is 0. The number of aromatic amines is 1. The quantitative estimate of drug-likeness (QED) is 0.635. The molecule has 0 atom stereocenters. The Morgan fingerprint density at radius 3 is 2.82 bits per heavy atom. The van der Waals surface area contributed by atoms with E-state index < -0.39 is 0 Å². The first kappa shape index (κ1) is 6.28. The van der Waals surface area contributed by atoms with Crippen LogP contribution in [-0.2, 0) is 7.05 Å². The molecular formula is C9H10N2. The molecule has 2 heterocycles. The van der Waals surface area contributed by atoms with Crippen molar-refractivity contribution in [1.29, 1.82) is 0 Å². The third kappa shape index (κ3) is 1.07. The molecule has 0 spiro atoms. The van der Waals surface area contributed by atoms with Gasteiger partial charge in [0.2, 0.25) is 0 Å². The second kappa shape index (κ2) is 2.31. The number of nitrogens with one attached hydrogen (secondary N) is 1. The zero-order valence-electron chi connectivity index (χ0n) is 6.41. The third-order valence-electron chi connectivity index (χ3n) is 1.74. The molecule has 0 fully saturated rings. The fraction of sp³-hybridized carbons (Fsp3) is 0.111. The van der Waals surface area contributed by atoms with Gasteiger partial charge in [0.1, 0.15) is 0 Å². The number of aryl methyl sites for hydroxylation is 1. The maximum absolute atomic E-state index is 3.15. The summed E-state index contributed by atoms with van der Waals surface area (Å²) in [7, 11) is 2.02. The molecule has 0 unspecified atom stereocenters. The van der Waals surface area contributed by atoms with Crippen LogP contribution in [0.15, 0.2) is 36.8 Å². The molecular weight excluding hydrogens is 136 g/mol. The topological polar surface area (TPSA) is 20.7 Å². The van der Waals surface area contributed by atoms with Crippen LogP contribution in [0, 0.1) is 0 Å². The minimum atomic E-state index is 1.17. The first-order valence-corrected chi connectivity index (χ1v) is 3.62. The molecule has 2 aromatic heterocycles. The van der Waals surface area contributed by atoms with Crippen LogP contribution < -0.4 is 0 Å². The van der Waals surface area contributed by atoms with Gasteiger partial charge in [0.25, 0.3) is 0 Å². The maximum atomic E-state index is 3.15. The van der Waals surface area contributed by atoms with E-state index >= 15 is 0 Å². The Morgan fingerprint density at radius 1 is 1.36 bits per heavy atom. The van der Waals surface area contributed by atoms with Crippen LogP contribution in [0.25, 0.3) is 11.3 Å². The van der Waals surface area contributed by atoms with Crippen molar-refractivity contribution < 1.29 is 0 Å². The van der Waals surface area contributed by atoms with Crippen molar-refractivity contribution in [1.82, 2.24) is 9.55 Å². The van der Waals surface area contributed by atoms with Gasteiger partial charge in [-0.1, -0.05) is 0 Å². The Bertz CT molecular complexity index is 330. The molecule has 0 aliphatic carbocycles. The van der Waals surface area contributed by atoms with E-state index in [-0.39, 0.29) is 0 Å². The van der Waals surface area contributed by atoms with Gasteiger partial charge in [-0.2, -0.15) is 0 Å². The lowest BCUT2D eigenvalue weighted by atomic mass is 10.2. The lowest BCUT2D eigenvalue weighted by molar-refractivity contribution is 0.928. The van der Waals surface area contributed by atoms with E-state index in [0.717, 1.165) is 0 Å². The number of hydrogen-bond acceptors (Lipinski definition) is 0. The maximum Gasteiger partial charge on any atom is 0.0469 e. The molecule has 0 aliphatic heterocycles. The summed E-state index contributed by atoms with van der Waals surface area (Å²) in [6, 6.07) is 6.16. The summed E-state index contributed by atoms with van der Waals surface area (Å²) < 4.78 is 2.04. The molecule has 0 bridgehead atoms. The summed E-state index contributed by atoms with van der Waals surface area (Å²) in [5.41, 5.74) is 2.41. The van der Waals surface area contributed by atoms with Gasteiger partial charge in [-0.15, -0.1) is 0 Å². The van der Waals surface area contributed by atoms with Crippen LogP contribution in [0.4, 0.5) is 0 Å². The van der Waals surface area contributed by atoms with Gasteiger partial charge in [0.15, 0.2) is 0 Å². The Labute approximate surface area is 65.5 Å². The monoisotopic (exact) mass is 146 g/mol. The highest BCUT2D eigenvalue weighted by Gasteiger charge is 1.96. The fourth-order valence-corrected chi connectivity index (χ4v) is 1.17. The summed E-state index contributed by atoms with van der Waals surface area (Å²) in [6.07, 6.45) is 6.06. The van der Waals surface area contributed by atoms with Gasteiger partial charge >= 0.3 is 0 Å². The van der Waals surface area contributed by atoms with Crippen molar-refractivity contribution in [3.05, 3.63) is 36.8 Å². The van der Waals surface area contributed by atoms with E-state index in [9.17, 15) is 0 Å². The van der Waals surface area contributed by atoms with E-state index in [4.69, 9.17) is 0 Å². The largest absolute Gasteiger partial charge is 0.361 e. The van der Waals surface area contributed by atoms with Gasteiger partial charge in [-0.05, 0) is 18.2 Å². The summed E-state index contributed by atoms with van der Waals surface area (Å²) in [5.74, 6) is 0. The molecule has 1 N–H and O–H groups in total. The van der Waals surface area contributed by atoms with Crippen LogP contribution in [0.1, 0.15) is 0 Å². The SMILES string of the molecule is Cn1ccc(-c2ccc[nH]2)c1. The van der Waals surface area contributed by atoms with Crippen LogP contribution in [0.3, 0.4) is 0 Å². The van der Waals surface area contributed by atoms with E-state index in [0.29, 0.717) is 0 Å². The predicted molar refractivity (Wildman–Crippen MR) is 45.2 cm³/mol. The Balaban J connectivity index is 2.45. The van der Waals surface area contributed by atoms with E-state index in [1.807, 2.05) is 30.1 Å². The van der Waals surface area contributed by atoms with Crippen molar-refractivity contribution in [2.24, 2.45) is 7.05 Å². The third-order valence-corrected chi connectivity index (χ3v) is 1.74. The van der Waals surface area contributed by atoms with Gasteiger partial charge in [0, 0.05) is 36.9 Å². The number of aromatic nitrogens is 2. The zero-order chi connectivity index (χ0) is 7.68. The van der Waals surface area contributed by atoms with Gasteiger partial charge in [-0.25, -0.2) is 0 Å². The molecule has 0 amide bonds. The number of nitrogens with zero attached hydrogens (tertiary/aromatic N) is 1. The zero-order valence-corrected chi connectivity index (χ0v) is 6.41. The van der Waals surface area contributed by atoms with Gasteiger partial charge in [-0.3, -0.25) is 0 Å². The highest BCUT2D eigenvalue weighted by Crippen LogP contribution is 2.15. The van der Waals surface area contributed by atoms with Gasteiger partial charge in [0.05, 0.1) is 0 Å². The molecule has 2 rings (SSSR count). The summed E-state index contributed by atoms with van der Waals surface area (Å²) >= 11 is 0. The molecule has 2 heteroatoms. The van der Waals surface area contributed by atoms with Crippen molar-refractivity contribution in [2.75, 3.05) is 0 Å². The second-order valence-electron chi connectivity index (χ2n) is 2.65. The Hall–Kier alpha value is -1.44. The first-order chi connectivity index (χ1) is 5.36. The van der Waals surface area contributed by atoms with Crippen LogP contribution in [-0.4, -0.2) is 9.55 Å². The molecule has 0 saturated heterocycles. The van der Waals surface area contributed by atoms with Crippen molar-refractivity contribution in [3.8, 4) is 11.3 Å². The van der Waals surface area contributed by atoms with Crippen LogP contribution in [0.5, 0.6) is 0 Å². The molecule has 0 saturated carbocycles. The predicted octanol–water partition coefficient (Wildman–Crippen LogP) is 2.02. The van der Waals surface area contributed by atoms with Crippen molar-refractivity contribution in [3.63, 3.8) is 0 Å². The first-order valence-electron chi connectivity index (χ1n) is 3.62. The average Bonchev–Trinajstić information content (AvgIpc) is 2.55. The second-order valence-corrected chi connectivity index (χ2v) is 2.65. The smallest absolute Gasteiger partial charge is 0.0469 e. The molecule has 11 heavy (non-hydrogen) atoms.